The number of halogens is 4. The summed E-state index contributed by atoms with van der Waals surface area (Å²) in [5.74, 6) is -3.82. The van der Waals surface area contributed by atoms with Crippen molar-refractivity contribution in [2.24, 2.45) is 5.92 Å². The number of esters is 1. The van der Waals surface area contributed by atoms with Gasteiger partial charge >= 0.3 is 17.3 Å². The van der Waals surface area contributed by atoms with Crippen LogP contribution in [-0.4, -0.2) is 33.4 Å². The summed E-state index contributed by atoms with van der Waals surface area (Å²) < 4.78 is 30.0. The van der Waals surface area contributed by atoms with E-state index in [1.165, 1.54) is 0 Å². The Morgan fingerprint density at radius 2 is 2.00 bits per heavy atom. The Balaban J connectivity index is 4.57. The first kappa shape index (κ1) is 18.6. The van der Waals surface area contributed by atoms with E-state index in [9.17, 15) is 18.4 Å². The van der Waals surface area contributed by atoms with Gasteiger partial charge in [0.15, 0.2) is 5.92 Å². The highest BCUT2D eigenvalue weighted by atomic mass is 79.9. The summed E-state index contributed by atoms with van der Waals surface area (Å²) in [6, 6.07) is 0. The van der Waals surface area contributed by atoms with Crippen molar-refractivity contribution in [3.05, 3.63) is 0 Å². The lowest BCUT2D eigenvalue weighted by Crippen LogP contribution is -2.31. The average Bonchev–Trinajstić information content (AvgIpc) is 2.22. The van der Waals surface area contributed by atoms with Gasteiger partial charge in [0.25, 0.3) is 0 Å². The first-order valence-corrected chi connectivity index (χ1v) is 7.00. The van der Waals surface area contributed by atoms with Crippen LogP contribution in [0, 0.1) is 5.92 Å². The molecule has 3 atom stereocenters. The van der Waals surface area contributed by atoms with Crippen molar-refractivity contribution in [2.75, 3.05) is 0 Å². The van der Waals surface area contributed by atoms with E-state index in [1.807, 2.05) is 0 Å². The third kappa shape index (κ3) is 8.36. The number of carboxylic acid groups (broad SMARTS) is 1. The maximum atomic E-state index is 12.6. The molecule has 0 heterocycles. The Morgan fingerprint density at radius 1 is 1.47 bits per heavy atom. The summed E-state index contributed by atoms with van der Waals surface area (Å²) in [5.41, 5.74) is 0. The molecule has 1 N–H and O–H groups in total. The molecule has 0 amide bonds. The summed E-state index contributed by atoms with van der Waals surface area (Å²) >= 11 is 7.65. The Hall–Kier alpha value is -0.430. The van der Waals surface area contributed by atoms with Gasteiger partial charge in [-0.25, -0.2) is 0 Å². The maximum Gasteiger partial charge on any atom is 0.322 e. The van der Waals surface area contributed by atoms with Crippen LogP contribution in [0.1, 0.15) is 33.1 Å². The number of hydrogen-bond donors (Lipinski definition) is 1. The molecular formula is C11H16BrClF2O4. The quantitative estimate of drug-likeness (QED) is 0.407. The molecule has 4 nitrogen and oxygen atoms in total. The van der Waals surface area contributed by atoms with Crippen LogP contribution in [-0.2, 0) is 14.3 Å². The smallest absolute Gasteiger partial charge is 0.322 e. The van der Waals surface area contributed by atoms with Gasteiger partial charge in [-0.05, 0) is 31.4 Å². The first-order chi connectivity index (χ1) is 8.56. The summed E-state index contributed by atoms with van der Waals surface area (Å²) in [6.45, 7) is 3.39. The molecule has 0 saturated carbocycles. The number of rotatable bonds is 8. The molecule has 3 unspecified atom stereocenters. The molecule has 8 heteroatoms. The van der Waals surface area contributed by atoms with Crippen molar-refractivity contribution in [2.45, 2.75) is 49.4 Å². The van der Waals surface area contributed by atoms with E-state index >= 15 is 0 Å². The molecule has 0 aliphatic rings. The lowest BCUT2D eigenvalue weighted by Gasteiger charge is -2.19. The number of carbonyl (C=O) groups excluding carboxylic acids is 1. The minimum Gasteiger partial charge on any atom is -0.481 e. The Morgan fingerprint density at radius 3 is 2.37 bits per heavy atom. The van der Waals surface area contributed by atoms with Crippen LogP contribution in [0.25, 0.3) is 0 Å². The highest BCUT2D eigenvalue weighted by Crippen LogP contribution is 2.31. The van der Waals surface area contributed by atoms with Crippen molar-refractivity contribution in [3.63, 3.8) is 0 Å². The van der Waals surface area contributed by atoms with E-state index in [-0.39, 0.29) is 6.42 Å². The second kappa shape index (κ2) is 7.99. The Bertz CT molecular complexity index is 322. The van der Waals surface area contributed by atoms with Crippen LogP contribution in [0.4, 0.5) is 8.78 Å². The fraction of sp³-hybridized carbons (Fsp3) is 0.818. The lowest BCUT2D eigenvalue weighted by atomic mass is 10.0. The largest absolute Gasteiger partial charge is 0.481 e. The van der Waals surface area contributed by atoms with E-state index in [0.717, 1.165) is 0 Å². The zero-order valence-electron chi connectivity index (χ0n) is 10.5. The van der Waals surface area contributed by atoms with E-state index < -0.39 is 40.6 Å². The predicted octanol–water partition coefficient (Wildman–Crippen LogP) is 3.40. The van der Waals surface area contributed by atoms with Crippen molar-refractivity contribution in [3.8, 4) is 0 Å². The fourth-order valence-electron chi connectivity index (χ4n) is 1.25. The summed E-state index contributed by atoms with van der Waals surface area (Å²) in [6.07, 6.45) is -0.963. The van der Waals surface area contributed by atoms with Gasteiger partial charge in [0.2, 0.25) is 0 Å². The molecule has 0 aromatic rings. The Labute approximate surface area is 123 Å². The predicted molar refractivity (Wildman–Crippen MR) is 69.7 cm³/mol. The molecule has 0 saturated heterocycles. The average molecular weight is 366 g/mol. The minimum absolute atomic E-state index is 0.313. The van der Waals surface area contributed by atoms with E-state index in [4.69, 9.17) is 21.4 Å². The molecular weight excluding hydrogens is 349 g/mol. The van der Waals surface area contributed by atoms with Crippen LogP contribution in [0.5, 0.6) is 0 Å². The van der Waals surface area contributed by atoms with Gasteiger partial charge in [-0.2, -0.15) is 8.78 Å². The molecule has 0 aliphatic carbocycles. The van der Waals surface area contributed by atoms with Crippen molar-refractivity contribution in [1.29, 1.82) is 0 Å². The maximum absolute atomic E-state index is 12.6. The van der Waals surface area contributed by atoms with Gasteiger partial charge in [0, 0.05) is 11.2 Å². The van der Waals surface area contributed by atoms with Gasteiger partial charge < -0.3 is 9.84 Å². The van der Waals surface area contributed by atoms with Gasteiger partial charge in [-0.15, -0.1) is 0 Å². The molecule has 0 bridgehead atoms. The van der Waals surface area contributed by atoms with Gasteiger partial charge in [0.1, 0.15) is 0 Å². The van der Waals surface area contributed by atoms with Gasteiger partial charge in [-0.1, -0.05) is 22.9 Å². The molecule has 0 aliphatic heterocycles. The van der Waals surface area contributed by atoms with E-state index in [1.54, 1.807) is 13.8 Å². The van der Waals surface area contributed by atoms with Crippen LogP contribution in [0.15, 0.2) is 0 Å². The van der Waals surface area contributed by atoms with Crippen LogP contribution < -0.4 is 0 Å². The van der Waals surface area contributed by atoms with Crippen molar-refractivity contribution < 1.29 is 28.2 Å². The summed E-state index contributed by atoms with van der Waals surface area (Å²) in [5, 5.41) is 5.49. The molecule has 0 aromatic heterocycles. The summed E-state index contributed by atoms with van der Waals surface area (Å²) in [7, 11) is 0. The van der Waals surface area contributed by atoms with Crippen LogP contribution in [0.2, 0.25) is 0 Å². The normalized spacial score (nSPS) is 16.5. The monoisotopic (exact) mass is 364 g/mol. The fourth-order valence-corrected chi connectivity index (χ4v) is 2.40. The highest BCUT2D eigenvalue weighted by Gasteiger charge is 2.35. The van der Waals surface area contributed by atoms with Crippen molar-refractivity contribution in [1.82, 2.24) is 0 Å². The number of aliphatic carboxylic acids is 1. The standard InChI is InChI=1S/C11H16BrClF2O4/c1-3-6(2)19-10(18)8(9(16)17)4-7(12)5-11(13,14)15/h6-8H,3-5H2,1-2H3,(H,16,17). The number of carbonyl (C=O) groups is 2. The second-order valence-corrected chi connectivity index (χ2v) is 6.05. The molecule has 112 valence electrons. The molecule has 19 heavy (non-hydrogen) atoms. The van der Waals surface area contributed by atoms with Crippen LogP contribution in [0.3, 0.4) is 0 Å². The SMILES string of the molecule is CCC(C)OC(=O)C(CC(Br)CC(F)(F)Cl)C(=O)O. The minimum atomic E-state index is -3.45. The zero-order chi connectivity index (χ0) is 15.2. The first-order valence-electron chi connectivity index (χ1n) is 5.71. The van der Waals surface area contributed by atoms with Crippen LogP contribution >= 0.6 is 27.5 Å². The molecule has 0 aromatic carbocycles. The van der Waals surface area contributed by atoms with Crippen molar-refractivity contribution >= 4 is 39.5 Å². The lowest BCUT2D eigenvalue weighted by molar-refractivity contribution is -0.162. The van der Waals surface area contributed by atoms with E-state index in [0.29, 0.717) is 6.42 Å². The number of ether oxygens (including phenoxy) is 1. The number of carboxylic acids is 1. The third-order valence-corrected chi connectivity index (χ3v) is 3.27. The Kier molecular flexibility index (Phi) is 7.81. The molecule has 0 fully saturated rings. The number of hydrogen-bond acceptors (Lipinski definition) is 3. The molecule has 0 rings (SSSR count). The second-order valence-electron chi connectivity index (χ2n) is 4.20. The zero-order valence-corrected chi connectivity index (χ0v) is 12.9. The number of alkyl halides is 4. The summed E-state index contributed by atoms with van der Waals surface area (Å²) in [4.78, 5) is 21.7. The highest BCUT2D eigenvalue weighted by molar-refractivity contribution is 9.09. The van der Waals surface area contributed by atoms with Gasteiger partial charge in [0.05, 0.1) is 6.10 Å². The third-order valence-electron chi connectivity index (χ3n) is 2.42. The molecule has 0 spiro atoms. The molecule has 0 radical (unpaired) electrons. The topological polar surface area (TPSA) is 63.6 Å². The van der Waals surface area contributed by atoms with E-state index in [2.05, 4.69) is 15.9 Å². The van der Waals surface area contributed by atoms with Gasteiger partial charge in [-0.3, -0.25) is 9.59 Å².